The monoisotopic (exact) mass is 726 g/mol. The highest BCUT2D eigenvalue weighted by molar-refractivity contribution is 6.13. The standard InChI is InChI=1S/C45H30N2O8/c48-40-34(30-17-15-26(19-28(30)21-36(40)44(52)53)42(50)46-38-13-5-9-24-7-1-3-11-32(24)38)23-35-31-18-16-27(20-29(31)22-37(41(35)49)45(54)55)43(51)47-39-14-6-10-25-8-2-4-12-33(25)39/h1-22,48-49H,23H2,(H,46,50)(H,47,51)(H,52,53)(H,54,55). The molecule has 10 heteroatoms. The molecule has 6 N–H and O–H groups in total. The molecule has 8 aromatic rings. The Kier molecular flexibility index (Phi) is 8.55. The summed E-state index contributed by atoms with van der Waals surface area (Å²) >= 11 is 0. The van der Waals surface area contributed by atoms with E-state index in [-0.39, 0.29) is 28.7 Å². The first-order chi connectivity index (χ1) is 26.6. The second-order valence-corrected chi connectivity index (χ2v) is 13.1. The second kappa shape index (κ2) is 13.7. The first-order valence-electron chi connectivity index (χ1n) is 17.2. The number of carbonyl (C=O) groups is 4. The van der Waals surface area contributed by atoms with Crippen molar-refractivity contribution in [2.45, 2.75) is 6.42 Å². The lowest BCUT2D eigenvalue weighted by Gasteiger charge is -2.17. The molecular weight excluding hydrogens is 697 g/mol. The van der Waals surface area contributed by atoms with Gasteiger partial charge in [0.1, 0.15) is 22.6 Å². The summed E-state index contributed by atoms with van der Waals surface area (Å²) in [7, 11) is 0. The third-order valence-electron chi connectivity index (χ3n) is 9.85. The van der Waals surface area contributed by atoms with Crippen molar-refractivity contribution < 1.29 is 39.6 Å². The Morgan fingerprint density at radius 1 is 0.436 bits per heavy atom. The van der Waals surface area contributed by atoms with Gasteiger partial charge in [-0.05, 0) is 80.8 Å². The van der Waals surface area contributed by atoms with Crippen LogP contribution in [0.15, 0.2) is 133 Å². The molecular formula is C45H30N2O8. The van der Waals surface area contributed by atoms with E-state index in [1.165, 1.54) is 24.3 Å². The number of anilines is 2. The van der Waals surface area contributed by atoms with Crippen molar-refractivity contribution >= 4 is 78.2 Å². The van der Waals surface area contributed by atoms with Gasteiger partial charge in [0.05, 0.1) is 0 Å². The van der Waals surface area contributed by atoms with Gasteiger partial charge in [0.25, 0.3) is 11.8 Å². The predicted molar refractivity (Wildman–Crippen MR) is 212 cm³/mol. The number of aromatic hydroxyl groups is 2. The van der Waals surface area contributed by atoms with E-state index in [2.05, 4.69) is 10.6 Å². The molecule has 0 saturated carbocycles. The molecule has 0 aromatic heterocycles. The summed E-state index contributed by atoms with van der Waals surface area (Å²) in [6, 6.07) is 38.0. The van der Waals surface area contributed by atoms with Gasteiger partial charge < -0.3 is 31.1 Å². The average Bonchev–Trinajstić information content (AvgIpc) is 3.19. The SMILES string of the molecule is O=C(Nc1cccc2ccccc12)c1ccc2c(Cc3c(O)c(C(=O)O)cc4cc(C(=O)Nc5cccc6ccccc56)ccc34)c(O)c(C(=O)O)cc2c1. The Morgan fingerprint density at radius 2 is 0.836 bits per heavy atom. The van der Waals surface area contributed by atoms with Crippen molar-refractivity contribution in [2.24, 2.45) is 0 Å². The number of carboxylic acid groups (broad SMARTS) is 2. The molecule has 0 saturated heterocycles. The highest BCUT2D eigenvalue weighted by Crippen LogP contribution is 2.40. The second-order valence-electron chi connectivity index (χ2n) is 13.1. The molecule has 0 aliphatic carbocycles. The van der Waals surface area contributed by atoms with Crippen LogP contribution in [0.1, 0.15) is 52.6 Å². The quantitative estimate of drug-likeness (QED) is 0.0899. The normalized spacial score (nSPS) is 11.2. The van der Waals surface area contributed by atoms with E-state index in [0.29, 0.717) is 32.9 Å². The van der Waals surface area contributed by atoms with E-state index >= 15 is 0 Å². The summed E-state index contributed by atoms with van der Waals surface area (Å²) in [6.07, 6.45) is -0.296. The minimum absolute atomic E-state index is 0.0906. The molecule has 0 heterocycles. The van der Waals surface area contributed by atoms with E-state index in [0.717, 1.165) is 21.5 Å². The average molecular weight is 727 g/mol. The maximum absolute atomic E-state index is 13.5. The fourth-order valence-corrected chi connectivity index (χ4v) is 7.14. The van der Waals surface area contributed by atoms with Gasteiger partial charge in [-0.2, -0.15) is 0 Å². The van der Waals surface area contributed by atoms with E-state index in [4.69, 9.17) is 0 Å². The first-order valence-corrected chi connectivity index (χ1v) is 17.2. The van der Waals surface area contributed by atoms with Crippen LogP contribution in [0, 0.1) is 0 Å². The van der Waals surface area contributed by atoms with Crippen LogP contribution >= 0.6 is 0 Å². The summed E-state index contributed by atoms with van der Waals surface area (Å²) in [4.78, 5) is 51.7. The lowest BCUT2D eigenvalue weighted by molar-refractivity contribution is 0.0682. The Morgan fingerprint density at radius 3 is 1.25 bits per heavy atom. The third-order valence-corrected chi connectivity index (χ3v) is 9.85. The van der Waals surface area contributed by atoms with Gasteiger partial charge in [-0.3, -0.25) is 9.59 Å². The number of hydrogen-bond acceptors (Lipinski definition) is 6. The highest BCUT2D eigenvalue weighted by atomic mass is 16.4. The summed E-state index contributed by atoms with van der Waals surface area (Å²) in [6.45, 7) is 0. The molecule has 0 radical (unpaired) electrons. The van der Waals surface area contributed by atoms with Crippen LogP contribution in [0.3, 0.4) is 0 Å². The van der Waals surface area contributed by atoms with E-state index in [1.807, 2.05) is 72.8 Å². The number of nitrogens with one attached hydrogen (secondary N) is 2. The molecule has 0 spiro atoms. The smallest absolute Gasteiger partial charge is 0.339 e. The van der Waals surface area contributed by atoms with Crippen molar-refractivity contribution in [3.05, 3.63) is 167 Å². The lowest BCUT2D eigenvalue weighted by Crippen LogP contribution is -2.12. The maximum atomic E-state index is 13.5. The van der Waals surface area contributed by atoms with Crippen molar-refractivity contribution in [3.63, 3.8) is 0 Å². The van der Waals surface area contributed by atoms with E-state index in [1.54, 1.807) is 36.4 Å². The number of aromatic carboxylic acids is 2. The Labute approximate surface area is 312 Å². The van der Waals surface area contributed by atoms with Crippen LogP contribution < -0.4 is 10.6 Å². The molecule has 0 unspecified atom stereocenters. The van der Waals surface area contributed by atoms with Crippen molar-refractivity contribution in [1.29, 1.82) is 0 Å². The molecule has 10 nitrogen and oxygen atoms in total. The van der Waals surface area contributed by atoms with Gasteiger partial charge >= 0.3 is 11.9 Å². The van der Waals surface area contributed by atoms with Gasteiger partial charge in [-0.1, -0.05) is 84.9 Å². The Hall–Kier alpha value is -7.72. The fraction of sp³-hybridized carbons (Fsp3) is 0.0222. The van der Waals surface area contributed by atoms with E-state index in [9.17, 15) is 39.6 Å². The Balaban J connectivity index is 1.19. The summed E-state index contributed by atoms with van der Waals surface area (Å²) in [5.41, 5.74) is 0.930. The van der Waals surface area contributed by atoms with Crippen LogP contribution in [0.25, 0.3) is 43.1 Å². The number of phenols is 2. The number of carboxylic acids is 2. The molecule has 0 atom stereocenters. The van der Waals surface area contributed by atoms with Gasteiger partial charge in [-0.25, -0.2) is 9.59 Å². The Bertz CT molecular complexity index is 2730. The van der Waals surface area contributed by atoms with Crippen LogP contribution in [0.2, 0.25) is 0 Å². The number of benzene rings is 8. The highest BCUT2D eigenvalue weighted by Gasteiger charge is 2.24. The van der Waals surface area contributed by atoms with Crippen molar-refractivity contribution in [3.8, 4) is 11.5 Å². The number of fused-ring (bicyclic) bond motifs is 4. The minimum Gasteiger partial charge on any atom is -0.507 e. The van der Waals surface area contributed by atoms with Gasteiger partial charge in [0.15, 0.2) is 0 Å². The number of hydrogen-bond donors (Lipinski definition) is 6. The first kappa shape index (κ1) is 34.4. The molecule has 268 valence electrons. The lowest BCUT2D eigenvalue weighted by atomic mass is 9.89. The minimum atomic E-state index is -1.43. The maximum Gasteiger partial charge on any atom is 0.339 e. The van der Waals surface area contributed by atoms with Crippen LogP contribution in [-0.2, 0) is 6.42 Å². The summed E-state index contributed by atoms with van der Waals surface area (Å²) < 4.78 is 0. The van der Waals surface area contributed by atoms with Crippen molar-refractivity contribution in [1.82, 2.24) is 0 Å². The zero-order chi connectivity index (χ0) is 38.4. The molecule has 0 aliphatic heterocycles. The number of amides is 2. The zero-order valence-corrected chi connectivity index (χ0v) is 28.8. The van der Waals surface area contributed by atoms with Crippen LogP contribution in [-0.4, -0.2) is 44.2 Å². The van der Waals surface area contributed by atoms with Gasteiger partial charge in [0.2, 0.25) is 0 Å². The third kappa shape index (κ3) is 6.27. The summed E-state index contributed by atoms with van der Waals surface area (Å²) in [5.74, 6) is -4.90. The van der Waals surface area contributed by atoms with E-state index < -0.39 is 46.4 Å². The molecule has 0 bridgehead atoms. The summed E-state index contributed by atoms with van der Waals surface area (Å²) in [5, 5.41) is 53.7. The number of carbonyl (C=O) groups excluding carboxylic acids is 2. The number of rotatable bonds is 8. The van der Waals surface area contributed by atoms with Crippen LogP contribution in [0.4, 0.5) is 11.4 Å². The zero-order valence-electron chi connectivity index (χ0n) is 28.8. The largest absolute Gasteiger partial charge is 0.507 e. The molecule has 0 aliphatic rings. The topological polar surface area (TPSA) is 173 Å². The molecule has 8 rings (SSSR count). The van der Waals surface area contributed by atoms with Gasteiger partial charge in [-0.15, -0.1) is 0 Å². The van der Waals surface area contributed by atoms with Crippen LogP contribution in [0.5, 0.6) is 11.5 Å². The van der Waals surface area contributed by atoms with Gasteiger partial charge in [0, 0.05) is 50.8 Å². The van der Waals surface area contributed by atoms with Crippen molar-refractivity contribution in [2.75, 3.05) is 10.6 Å². The molecule has 8 aromatic carbocycles. The fourth-order valence-electron chi connectivity index (χ4n) is 7.14. The molecule has 2 amide bonds. The predicted octanol–water partition coefficient (Wildman–Crippen LogP) is 9.20. The molecule has 0 fully saturated rings. The molecule has 55 heavy (non-hydrogen) atoms.